The predicted molar refractivity (Wildman–Crippen MR) is 165 cm³/mol. The summed E-state index contributed by atoms with van der Waals surface area (Å²) in [6.07, 6.45) is -4.65. The zero-order valence-corrected chi connectivity index (χ0v) is 24.2. The van der Waals surface area contributed by atoms with Gasteiger partial charge in [0.2, 0.25) is 0 Å². The van der Waals surface area contributed by atoms with Gasteiger partial charge in [-0.2, -0.15) is 13.2 Å². The van der Waals surface area contributed by atoms with Crippen LogP contribution in [0.15, 0.2) is 102 Å². The van der Waals surface area contributed by atoms with E-state index in [0.717, 1.165) is 38.6 Å². The number of pyridine rings is 1. The van der Waals surface area contributed by atoms with Crippen molar-refractivity contribution in [3.63, 3.8) is 0 Å². The van der Waals surface area contributed by atoms with E-state index in [4.69, 9.17) is 10.5 Å². The molecular formula is C35H28F3N3O4. The standard InChI is InChI=1S/C35H28F3N3O4/c1-45-34(44)28-20-40(19-21-9-3-2-4-10-21)32-29(24-14-8-15-25(17-24)35(36,37)38)27(30(31(39)42)33(43)41(28)32)18-23-13-7-12-22-11-5-6-16-26(22)23/h2-17,28H,18-20H2,1H3,(H2,39,42). The number of esters is 1. The molecule has 4 aromatic carbocycles. The highest BCUT2D eigenvalue weighted by Gasteiger charge is 2.41. The normalized spacial score (nSPS) is 14.4. The highest BCUT2D eigenvalue weighted by molar-refractivity contribution is 5.99. The van der Waals surface area contributed by atoms with Crippen LogP contribution < -0.4 is 16.2 Å². The van der Waals surface area contributed by atoms with Gasteiger partial charge in [0.05, 0.1) is 19.2 Å². The van der Waals surface area contributed by atoms with Gasteiger partial charge in [0.25, 0.3) is 11.5 Å². The number of hydrogen-bond donors (Lipinski definition) is 1. The Morgan fingerprint density at radius 1 is 0.933 bits per heavy atom. The number of rotatable bonds is 7. The van der Waals surface area contributed by atoms with Gasteiger partial charge in [-0.1, -0.05) is 84.9 Å². The van der Waals surface area contributed by atoms with Crippen LogP contribution in [0.2, 0.25) is 0 Å². The van der Waals surface area contributed by atoms with E-state index in [9.17, 15) is 27.6 Å². The molecule has 1 aliphatic rings. The number of nitrogens with zero attached hydrogens (tertiary/aromatic N) is 2. The number of anilines is 1. The van der Waals surface area contributed by atoms with Crippen molar-refractivity contribution in [1.29, 1.82) is 0 Å². The molecule has 0 saturated carbocycles. The summed E-state index contributed by atoms with van der Waals surface area (Å²) < 4.78 is 48.3. The summed E-state index contributed by atoms with van der Waals surface area (Å²) >= 11 is 0. The van der Waals surface area contributed by atoms with Crippen molar-refractivity contribution in [2.45, 2.75) is 25.2 Å². The molecule has 0 spiro atoms. The molecule has 2 N–H and O–H groups in total. The SMILES string of the molecule is COC(=O)C1CN(Cc2ccccc2)c2c(-c3cccc(C(F)(F)F)c3)c(Cc3cccc4ccccc34)c(C(N)=O)c(=O)n21. The molecule has 0 saturated heterocycles. The number of fused-ring (bicyclic) bond motifs is 2. The number of methoxy groups -OCH3 is 1. The van der Waals surface area contributed by atoms with Crippen LogP contribution in [0.1, 0.15) is 38.7 Å². The number of primary amides is 1. The first-order valence-electron chi connectivity index (χ1n) is 14.2. The summed E-state index contributed by atoms with van der Waals surface area (Å²) in [5.41, 5.74) is 5.86. The Kier molecular flexibility index (Phi) is 7.66. The minimum absolute atomic E-state index is 0.0103. The quantitative estimate of drug-likeness (QED) is 0.224. The number of nitrogens with two attached hydrogens (primary N) is 1. The van der Waals surface area contributed by atoms with Crippen LogP contribution in [0.4, 0.5) is 19.0 Å². The van der Waals surface area contributed by atoms with Crippen molar-refractivity contribution in [3.05, 3.63) is 135 Å². The van der Waals surface area contributed by atoms with E-state index in [1.807, 2.05) is 72.8 Å². The van der Waals surface area contributed by atoms with Gasteiger partial charge in [0, 0.05) is 12.1 Å². The molecule has 0 bridgehead atoms. The molecule has 1 atom stereocenters. The lowest BCUT2D eigenvalue weighted by molar-refractivity contribution is -0.144. The second kappa shape index (κ2) is 11.6. The summed E-state index contributed by atoms with van der Waals surface area (Å²) in [6.45, 7) is 0.210. The first-order chi connectivity index (χ1) is 21.6. The van der Waals surface area contributed by atoms with E-state index in [1.54, 1.807) is 4.90 Å². The van der Waals surface area contributed by atoms with Crippen LogP contribution in [-0.4, -0.2) is 30.1 Å². The van der Waals surface area contributed by atoms with Crippen LogP contribution in [-0.2, 0) is 28.7 Å². The molecule has 6 rings (SSSR count). The van der Waals surface area contributed by atoms with E-state index in [1.165, 1.54) is 19.2 Å². The number of benzene rings is 4. The van der Waals surface area contributed by atoms with Gasteiger partial charge in [0.1, 0.15) is 11.4 Å². The molecule has 2 heterocycles. The van der Waals surface area contributed by atoms with Crippen molar-refractivity contribution in [2.75, 3.05) is 18.6 Å². The highest BCUT2D eigenvalue weighted by Crippen LogP contribution is 2.43. The number of alkyl halides is 3. The van der Waals surface area contributed by atoms with Gasteiger partial charge in [-0.15, -0.1) is 0 Å². The largest absolute Gasteiger partial charge is 0.467 e. The third-order valence-electron chi connectivity index (χ3n) is 8.15. The summed E-state index contributed by atoms with van der Waals surface area (Å²) in [5, 5.41) is 1.75. The molecule has 0 radical (unpaired) electrons. The van der Waals surface area contributed by atoms with Crippen molar-refractivity contribution < 1.29 is 27.5 Å². The minimum atomic E-state index is -4.66. The van der Waals surface area contributed by atoms with E-state index in [0.29, 0.717) is 0 Å². The maximum absolute atomic E-state index is 14.3. The zero-order chi connectivity index (χ0) is 31.9. The third-order valence-corrected chi connectivity index (χ3v) is 8.15. The molecule has 1 unspecified atom stereocenters. The molecule has 1 amide bonds. The Bertz CT molecular complexity index is 2000. The van der Waals surface area contributed by atoms with Crippen molar-refractivity contribution in [2.24, 2.45) is 5.73 Å². The Morgan fingerprint density at radius 3 is 2.33 bits per heavy atom. The van der Waals surface area contributed by atoms with Gasteiger partial charge in [-0.3, -0.25) is 14.2 Å². The number of carbonyl (C=O) groups excluding carboxylic acids is 2. The lowest BCUT2D eigenvalue weighted by Crippen LogP contribution is -2.35. The fraction of sp³-hybridized carbons (Fsp3) is 0.171. The van der Waals surface area contributed by atoms with Crippen molar-refractivity contribution in [3.8, 4) is 11.1 Å². The van der Waals surface area contributed by atoms with Crippen molar-refractivity contribution in [1.82, 2.24) is 4.57 Å². The number of ether oxygens (including phenoxy) is 1. The van der Waals surface area contributed by atoms with Crippen LogP contribution in [0.25, 0.3) is 21.9 Å². The van der Waals surface area contributed by atoms with Gasteiger partial charge in [0.15, 0.2) is 6.04 Å². The molecule has 0 aliphatic carbocycles. The molecule has 5 aromatic rings. The predicted octanol–water partition coefficient (Wildman–Crippen LogP) is 6.11. The Hall–Kier alpha value is -5.38. The molecule has 1 aliphatic heterocycles. The molecule has 45 heavy (non-hydrogen) atoms. The van der Waals surface area contributed by atoms with Gasteiger partial charge >= 0.3 is 12.1 Å². The smallest absolute Gasteiger partial charge is 0.416 e. The van der Waals surface area contributed by atoms with E-state index in [2.05, 4.69) is 0 Å². The lowest BCUT2D eigenvalue weighted by atomic mass is 9.89. The Labute approximate surface area is 256 Å². The number of carbonyl (C=O) groups is 2. The Balaban J connectivity index is 1.72. The highest BCUT2D eigenvalue weighted by atomic mass is 19.4. The number of amides is 1. The van der Waals surface area contributed by atoms with Gasteiger partial charge in [-0.25, -0.2) is 4.79 Å². The first-order valence-corrected chi connectivity index (χ1v) is 14.2. The van der Waals surface area contributed by atoms with Crippen LogP contribution in [0.3, 0.4) is 0 Å². The molecule has 10 heteroatoms. The Morgan fingerprint density at radius 2 is 1.62 bits per heavy atom. The third kappa shape index (κ3) is 5.43. The maximum atomic E-state index is 14.3. The summed E-state index contributed by atoms with van der Waals surface area (Å²) in [4.78, 5) is 42.2. The van der Waals surface area contributed by atoms with Gasteiger partial charge in [-0.05, 0) is 51.6 Å². The molecular weight excluding hydrogens is 583 g/mol. The monoisotopic (exact) mass is 611 g/mol. The number of hydrogen-bond acceptors (Lipinski definition) is 5. The summed E-state index contributed by atoms with van der Waals surface area (Å²) in [6, 6.07) is 26.0. The topological polar surface area (TPSA) is 94.6 Å². The van der Waals surface area contributed by atoms with Crippen LogP contribution in [0.5, 0.6) is 0 Å². The van der Waals surface area contributed by atoms with Crippen LogP contribution in [0, 0.1) is 0 Å². The first kappa shape index (κ1) is 29.7. The summed E-state index contributed by atoms with van der Waals surface area (Å²) in [7, 11) is 1.19. The maximum Gasteiger partial charge on any atom is 0.416 e. The number of aromatic nitrogens is 1. The molecule has 1 aromatic heterocycles. The average Bonchev–Trinajstić information content (AvgIpc) is 3.40. The minimum Gasteiger partial charge on any atom is -0.467 e. The summed E-state index contributed by atoms with van der Waals surface area (Å²) in [5.74, 6) is -1.58. The number of halogens is 3. The lowest BCUT2D eigenvalue weighted by Gasteiger charge is -2.25. The molecule has 7 nitrogen and oxygen atoms in total. The fourth-order valence-electron chi connectivity index (χ4n) is 6.18. The average molecular weight is 612 g/mol. The van der Waals surface area contributed by atoms with E-state index in [-0.39, 0.29) is 42.0 Å². The second-order valence-corrected chi connectivity index (χ2v) is 10.9. The van der Waals surface area contributed by atoms with Crippen molar-refractivity contribution >= 4 is 28.5 Å². The van der Waals surface area contributed by atoms with E-state index >= 15 is 0 Å². The van der Waals surface area contributed by atoms with E-state index < -0.39 is 40.8 Å². The fourth-order valence-corrected chi connectivity index (χ4v) is 6.18. The second-order valence-electron chi connectivity index (χ2n) is 10.9. The van der Waals surface area contributed by atoms with Gasteiger partial charge < -0.3 is 15.4 Å². The molecule has 0 fully saturated rings. The zero-order valence-electron chi connectivity index (χ0n) is 24.2. The van der Waals surface area contributed by atoms with Crippen LogP contribution >= 0.6 is 0 Å². The molecule has 228 valence electrons.